The molecular weight excluding hydrogens is 360 g/mol. The minimum Gasteiger partial charge on any atom is -0.345 e. The Labute approximate surface area is 152 Å². The van der Waals surface area contributed by atoms with Crippen molar-refractivity contribution >= 4 is 33.2 Å². The van der Waals surface area contributed by atoms with Gasteiger partial charge in [-0.2, -0.15) is 0 Å². The molecular formula is C18H19ClN2O3S. The number of aryl methyl sites for hydroxylation is 1. The van der Waals surface area contributed by atoms with Crippen LogP contribution in [0.15, 0.2) is 42.5 Å². The summed E-state index contributed by atoms with van der Waals surface area (Å²) in [7, 11) is -3.42. The molecule has 0 fully saturated rings. The highest BCUT2D eigenvalue weighted by atomic mass is 35.5. The van der Waals surface area contributed by atoms with Crippen LogP contribution in [0.3, 0.4) is 0 Å². The minimum absolute atomic E-state index is 0.0694. The van der Waals surface area contributed by atoms with E-state index in [-0.39, 0.29) is 22.5 Å². The molecule has 0 spiro atoms. The lowest BCUT2D eigenvalue weighted by Gasteiger charge is -2.26. The highest BCUT2D eigenvalue weighted by Crippen LogP contribution is 2.30. The fourth-order valence-electron chi connectivity index (χ4n) is 3.12. The fourth-order valence-corrected chi connectivity index (χ4v) is 3.88. The second-order valence-electron chi connectivity index (χ2n) is 6.19. The maximum absolute atomic E-state index is 12.7. The van der Waals surface area contributed by atoms with Gasteiger partial charge in [0.15, 0.2) is 0 Å². The summed E-state index contributed by atoms with van der Waals surface area (Å²) < 4.78 is 25.1. The monoisotopic (exact) mass is 378 g/mol. The molecule has 2 aromatic rings. The molecule has 0 aliphatic heterocycles. The third-order valence-electron chi connectivity index (χ3n) is 4.19. The molecule has 25 heavy (non-hydrogen) atoms. The van der Waals surface area contributed by atoms with Crippen LogP contribution in [0, 0.1) is 0 Å². The number of amides is 1. The molecule has 2 aromatic carbocycles. The molecule has 132 valence electrons. The van der Waals surface area contributed by atoms with E-state index in [1.165, 1.54) is 23.8 Å². The largest absolute Gasteiger partial charge is 0.345 e. The fraction of sp³-hybridized carbons (Fsp3) is 0.278. The Morgan fingerprint density at radius 2 is 1.96 bits per heavy atom. The number of hydrogen-bond donors (Lipinski definition) is 2. The SMILES string of the molecule is CS(=O)(=O)Nc1ccc(Cl)c(C(=O)N[C@H]2CCCc3ccccc32)c1. The van der Waals surface area contributed by atoms with Crippen LogP contribution >= 0.6 is 11.6 Å². The number of carbonyl (C=O) groups is 1. The van der Waals surface area contributed by atoms with Gasteiger partial charge in [-0.15, -0.1) is 0 Å². The first-order chi connectivity index (χ1) is 11.8. The third-order valence-corrected chi connectivity index (χ3v) is 5.13. The average molecular weight is 379 g/mol. The number of fused-ring (bicyclic) bond motifs is 1. The van der Waals surface area contributed by atoms with Gasteiger partial charge < -0.3 is 5.32 Å². The van der Waals surface area contributed by atoms with E-state index < -0.39 is 10.0 Å². The van der Waals surface area contributed by atoms with Gasteiger partial charge in [0.2, 0.25) is 10.0 Å². The van der Waals surface area contributed by atoms with Crippen LogP contribution in [0.2, 0.25) is 5.02 Å². The number of rotatable bonds is 4. The van der Waals surface area contributed by atoms with Crippen LogP contribution < -0.4 is 10.0 Å². The molecule has 1 atom stereocenters. The number of halogens is 1. The van der Waals surface area contributed by atoms with Crippen molar-refractivity contribution in [3.05, 3.63) is 64.2 Å². The molecule has 0 radical (unpaired) electrons. The number of sulfonamides is 1. The Balaban J connectivity index is 1.84. The molecule has 7 heteroatoms. The zero-order chi connectivity index (χ0) is 18.0. The molecule has 0 heterocycles. The lowest BCUT2D eigenvalue weighted by Crippen LogP contribution is -2.31. The Morgan fingerprint density at radius 1 is 1.20 bits per heavy atom. The molecule has 1 aliphatic rings. The summed E-state index contributed by atoms with van der Waals surface area (Å²) in [6.45, 7) is 0. The van der Waals surface area contributed by atoms with E-state index in [1.807, 2.05) is 18.2 Å². The van der Waals surface area contributed by atoms with E-state index in [9.17, 15) is 13.2 Å². The first-order valence-electron chi connectivity index (χ1n) is 7.99. The van der Waals surface area contributed by atoms with Crippen LogP contribution in [0.25, 0.3) is 0 Å². The van der Waals surface area contributed by atoms with Crippen molar-refractivity contribution in [3.63, 3.8) is 0 Å². The van der Waals surface area contributed by atoms with E-state index in [1.54, 1.807) is 0 Å². The topological polar surface area (TPSA) is 75.3 Å². The first kappa shape index (κ1) is 17.8. The van der Waals surface area contributed by atoms with Gasteiger partial charge in [-0.3, -0.25) is 9.52 Å². The third kappa shape index (κ3) is 4.32. The molecule has 0 bridgehead atoms. The number of benzene rings is 2. The lowest BCUT2D eigenvalue weighted by atomic mass is 9.87. The predicted octanol–water partition coefficient (Wildman–Crippen LogP) is 3.52. The normalized spacial score (nSPS) is 16.8. The molecule has 2 N–H and O–H groups in total. The summed E-state index contributed by atoms with van der Waals surface area (Å²) >= 11 is 6.14. The molecule has 1 amide bonds. The van der Waals surface area contributed by atoms with E-state index in [0.29, 0.717) is 5.69 Å². The first-order valence-corrected chi connectivity index (χ1v) is 10.3. The second kappa shape index (κ2) is 7.06. The maximum Gasteiger partial charge on any atom is 0.253 e. The van der Waals surface area contributed by atoms with E-state index in [2.05, 4.69) is 16.1 Å². The summed E-state index contributed by atoms with van der Waals surface area (Å²) in [4.78, 5) is 12.7. The maximum atomic E-state index is 12.7. The summed E-state index contributed by atoms with van der Waals surface area (Å²) in [6.07, 6.45) is 3.93. The van der Waals surface area contributed by atoms with Gasteiger partial charge in [0.25, 0.3) is 5.91 Å². The van der Waals surface area contributed by atoms with Crippen LogP contribution in [0.1, 0.15) is 40.4 Å². The Kier molecular flexibility index (Phi) is 5.01. The van der Waals surface area contributed by atoms with Gasteiger partial charge in [-0.1, -0.05) is 35.9 Å². The van der Waals surface area contributed by atoms with Gasteiger partial charge >= 0.3 is 0 Å². The second-order valence-corrected chi connectivity index (χ2v) is 8.34. The van der Waals surface area contributed by atoms with Gasteiger partial charge in [0, 0.05) is 5.69 Å². The van der Waals surface area contributed by atoms with Crippen LogP contribution in [0.5, 0.6) is 0 Å². The van der Waals surface area contributed by atoms with E-state index in [0.717, 1.165) is 31.1 Å². The molecule has 0 unspecified atom stereocenters. The number of hydrogen-bond acceptors (Lipinski definition) is 3. The van der Waals surface area contributed by atoms with E-state index in [4.69, 9.17) is 11.6 Å². The predicted molar refractivity (Wildman–Crippen MR) is 99.5 cm³/mol. The molecule has 5 nitrogen and oxygen atoms in total. The highest BCUT2D eigenvalue weighted by Gasteiger charge is 2.23. The van der Waals surface area contributed by atoms with E-state index >= 15 is 0 Å². The smallest absolute Gasteiger partial charge is 0.253 e. The number of carbonyl (C=O) groups excluding carboxylic acids is 1. The highest BCUT2D eigenvalue weighted by molar-refractivity contribution is 7.92. The zero-order valence-electron chi connectivity index (χ0n) is 13.8. The molecule has 0 saturated heterocycles. The van der Waals surface area contributed by atoms with Crippen molar-refractivity contribution in [3.8, 4) is 0 Å². The molecule has 3 rings (SSSR count). The zero-order valence-corrected chi connectivity index (χ0v) is 15.3. The number of anilines is 1. The van der Waals surface area contributed by atoms with Crippen molar-refractivity contribution in [2.24, 2.45) is 0 Å². The summed E-state index contributed by atoms with van der Waals surface area (Å²) in [5.74, 6) is -0.316. The summed E-state index contributed by atoms with van der Waals surface area (Å²) in [5, 5.41) is 3.30. The Hall–Kier alpha value is -2.05. The van der Waals surface area contributed by atoms with Crippen molar-refractivity contribution < 1.29 is 13.2 Å². The standard InChI is InChI=1S/C18H19ClN2O3S/c1-25(23,24)21-13-9-10-16(19)15(11-13)18(22)20-17-8-4-6-12-5-2-3-7-14(12)17/h2-3,5,7,9-11,17,21H,4,6,8H2,1H3,(H,20,22)/t17-/m0/s1. The Bertz CT molecular complexity index is 912. The van der Waals surface area contributed by atoms with Crippen molar-refractivity contribution in [1.82, 2.24) is 5.32 Å². The van der Waals surface area contributed by atoms with Crippen LogP contribution in [0.4, 0.5) is 5.69 Å². The average Bonchev–Trinajstić information content (AvgIpc) is 2.55. The van der Waals surface area contributed by atoms with Crippen molar-refractivity contribution in [1.29, 1.82) is 0 Å². The van der Waals surface area contributed by atoms with Crippen molar-refractivity contribution in [2.75, 3.05) is 11.0 Å². The molecule has 0 saturated carbocycles. The van der Waals surface area contributed by atoms with Crippen molar-refractivity contribution in [2.45, 2.75) is 25.3 Å². The Morgan fingerprint density at radius 3 is 2.72 bits per heavy atom. The minimum atomic E-state index is -3.42. The summed E-state index contributed by atoms with van der Waals surface area (Å²) in [5.41, 5.74) is 2.93. The van der Waals surface area contributed by atoms with Gasteiger partial charge in [-0.05, 0) is 48.6 Å². The molecule has 0 aromatic heterocycles. The molecule has 1 aliphatic carbocycles. The van der Waals surface area contributed by atoms with Gasteiger partial charge in [0.1, 0.15) is 0 Å². The number of nitrogens with one attached hydrogen (secondary N) is 2. The van der Waals surface area contributed by atoms with Gasteiger partial charge in [0.05, 0.1) is 22.9 Å². The lowest BCUT2D eigenvalue weighted by molar-refractivity contribution is 0.0933. The van der Waals surface area contributed by atoms with Crippen LogP contribution in [-0.4, -0.2) is 20.6 Å². The van der Waals surface area contributed by atoms with Gasteiger partial charge in [-0.25, -0.2) is 8.42 Å². The summed E-state index contributed by atoms with van der Waals surface area (Å²) in [6, 6.07) is 12.5. The quantitative estimate of drug-likeness (QED) is 0.854. The van der Waals surface area contributed by atoms with Crippen LogP contribution in [-0.2, 0) is 16.4 Å².